The van der Waals surface area contributed by atoms with Crippen molar-refractivity contribution in [3.63, 3.8) is 0 Å². The molecule has 0 saturated heterocycles. The third-order valence-electron chi connectivity index (χ3n) is 2.49. The predicted octanol–water partition coefficient (Wildman–Crippen LogP) is 2.52. The van der Waals surface area contributed by atoms with E-state index in [1.54, 1.807) is 0 Å². The average molecular weight is 272 g/mol. The first-order valence-corrected chi connectivity index (χ1v) is 6.52. The van der Waals surface area contributed by atoms with Gasteiger partial charge in [0, 0.05) is 6.61 Å². The Bertz CT molecular complexity index is 442. The first-order chi connectivity index (χ1) is 9.80. The van der Waals surface area contributed by atoms with Gasteiger partial charge in [0.15, 0.2) is 0 Å². The van der Waals surface area contributed by atoms with Gasteiger partial charge in [-0.2, -0.15) is 0 Å². The maximum absolute atomic E-state index is 5.43. The van der Waals surface area contributed by atoms with E-state index < -0.39 is 0 Å². The fraction of sp³-hybridized carbons (Fsp3) is 0.412. The van der Waals surface area contributed by atoms with Crippen LogP contribution in [0.1, 0.15) is 23.6 Å². The van der Waals surface area contributed by atoms with Crippen LogP contribution in [0.15, 0.2) is 18.2 Å². The van der Waals surface area contributed by atoms with Gasteiger partial charge >= 0.3 is 0 Å². The van der Waals surface area contributed by atoms with Crippen LogP contribution in [0.4, 0.5) is 0 Å². The summed E-state index contributed by atoms with van der Waals surface area (Å²) < 4.78 is 16.2. The minimum Gasteiger partial charge on any atom is -0.377 e. The van der Waals surface area contributed by atoms with Crippen molar-refractivity contribution in [1.82, 2.24) is 0 Å². The Kier molecular flexibility index (Phi) is 8.19. The lowest BCUT2D eigenvalue weighted by Gasteiger charge is -2.10. The van der Waals surface area contributed by atoms with Gasteiger partial charge in [-0.25, -0.2) is 0 Å². The van der Waals surface area contributed by atoms with Gasteiger partial charge in [-0.3, -0.25) is 0 Å². The SMILES string of the molecule is C#CCOCc1cc(COCC)cc(COCC#C)c1. The quantitative estimate of drug-likeness (QED) is 0.511. The second-order valence-corrected chi connectivity index (χ2v) is 4.19. The molecule has 106 valence electrons. The molecule has 0 amide bonds. The van der Waals surface area contributed by atoms with Crippen LogP contribution < -0.4 is 0 Å². The number of hydrogen-bond acceptors (Lipinski definition) is 3. The molecule has 3 heteroatoms. The molecule has 3 nitrogen and oxygen atoms in total. The fourth-order valence-electron chi connectivity index (χ4n) is 1.76. The van der Waals surface area contributed by atoms with Crippen LogP contribution in [0.3, 0.4) is 0 Å². The van der Waals surface area contributed by atoms with Gasteiger partial charge in [-0.15, -0.1) is 12.8 Å². The third kappa shape index (κ3) is 6.41. The molecule has 0 aromatic heterocycles. The van der Waals surface area contributed by atoms with Crippen molar-refractivity contribution in [2.75, 3.05) is 19.8 Å². The molecule has 0 atom stereocenters. The van der Waals surface area contributed by atoms with Crippen molar-refractivity contribution in [3.8, 4) is 24.7 Å². The zero-order chi connectivity index (χ0) is 14.6. The summed E-state index contributed by atoms with van der Waals surface area (Å²) in [6, 6.07) is 6.14. The Morgan fingerprint density at radius 3 is 1.55 bits per heavy atom. The van der Waals surface area contributed by atoms with E-state index in [0.29, 0.717) is 39.6 Å². The summed E-state index contributed by atoms with van der Waals surface area (Å²) in [5, 5.41) is 0. The van der Waals surface area contributed by atoms with Crippen molar-refractivity contribution in [2.45, 2.75) is 26.7 Å². The summed E-state index contributed by atoms with van der Waals surface area (Å²) in [5.74, 6) is 4.90. The van der Waals surface area contributed by atoms with E-state index in [1.165, 1.54) is 0 Å². The number of rotatable bonds is 9. The lowest BCUT2D eigenvalue weighted by molar-refractivity contribution is 0.132. The number of hydrogen-bond donors (Lipinski definition) is 0. The maximum Gasteiger partial charge on any atom is 0.107 e. The second-order valence-electron chi connectivity index (χ2n) is 4.19. The Balaban J connectivity index is 2.73. The van der Waals surface area contributed by atoms with Gasteiger partial charge in [0.05, 0.1) is 19.8 Å². The van der Waals surface area contributed by atoms with E-state index in [0.717, 1.165) is 16.7 Å². The molecule has 0 aliphatic rings. The molecule has 20 heavy (non-hydrogen) atoms. The van der Waals surface area contributed by atoms with E-state index >= 15 is 0 Å². The predicted molar refractivity (Wildman–Crippen MR) is 78.8 cm³/mol. The summed E-state index contributed by atoms with van der Waals surface area (Å²) in [6.45, 7) is 4.79. The van der Waals surface area contributed by atoms with Crippen LogP contribution >= 0.6 is 0 Å². The van der Waals surface area contributed by atoms with Crippen molar-refractivity contribution in [3.05, 3.63) is 34.9 Å². The molecule has 0 saturated carbocycles. The summed E-state index contributed by atoms with van der Waals surface area (Å²) in [4.78, 5) is 0. The Morgan fingerprint density at radius 1 is 0.800 bits per heavy atom. The van der Waals surface area contributed by atoms with Crippen LogP contribution in [0.5, 0.6) is 0 Å². The maximum atomic E-state index is 5.43. The first-order valence-electron chi connectivity index (χ1n) is 6.52. The standard InChI is InChI=1S/C17H20O3/c1-4-7-19-13-16-9-15(12-18-6-3)10-17(11-16)14-20-8-5-2/h1-2,9-11H,6-8,12-14H2,3H3. The van der Waals surface area contributed by atoms with E-state index in [9.17, 15) is 0 Å². The van der Waals surface area contributed by atoms with Crippen molar-refractivity contribution >= 4 is 0 Å². The van der Waals surface area contributed by atoms with Gasteiger partial charge < -0.3 is 14.2 Å². The Labute approximate surface area is 121 Å². The van der Waals surface area contributed by atoms with Crippen molar-refractivity contribution < 1.29 is 14.2 Å². The largest absolute Gasteiger partial charge is 0.377 e. The van der Waals surface area contributed by atoms with Gasteiger partial charge in [0.25, 0.3) is 0 Å². The first kappa shape index (κ1) is 16.3. The minimum absolute atomic E-state index is 0.304. The minimum atomic E-state index is 0.304. The second kappa shape index (κ2) is 10.1. The van der Waals surface area contributed by atoms with Gasteiger partial charge in [-0.05, 0) is 23.6 Å². The van der Waals surface area contributed by atoms with E-state index in [4.69, 9.17) is 27.1 Å². The van der Waals surface area contributed by atoms with Crippen LogP contribution in [-0.4, -0.2) is 19.8 Å². The highest BCUT2D eigenvalue weighted by molar-refractivity contribution is 5.29. The fourth-order valence-corrected chi connectivity index (χ4v) is 1.76. The molecular weight excluding hydrogens is 252 g/mol. The topological polar surface area (TPSA) is 27.7 Å². The molecule has 1 rings (SSSR count). The normalized spacial score (nSPS) is 9.95. The number of benzene rings is 1. The highest BCUT2D eigenvalue weighted by Crippen LogP contribution is 2.14. The van der Waals surface area contributed by atoms with Gasteiger partial charge in [0.2, 0.25) is 0 Å². The number of ether oxygens (including phenoxy) is 3. The zero-order valence-electron chi connectivity index (χ0n) is 11.9. The molecule has 0 aliphatic heterocycles. The van der Waals surface area contributed by atoms with E-state index in [-0.39, 0.29) is 0 Å². The van der Waals surface area contributed by atoms with Gasteiger partial charge in [-0.1, -0.05) is 30.0 Å². The van der Waals surface area contributed by atoms with Crippen LogP contribution in [0.2, 0.25) is 0 Å². The molecule has 0 unspecified atom stereocenters. The Morgan fingerprint density at radius 2 is 1.20 bits per heavy atom. The molecule has 1 aromatic carbocycles. The molecule has 0 radical (unpaired) electrons. The highest BCUT2D eigenvalue weighted by Gasteiger charge is 2.02. The zero-order valence-corrected chi connectivity index (χ0v) is 11.9. The monoisotopic (exact) mass is 272 g/mol. The van der Waals surface area contributed by atoms with Crippen molar-refractivity contribution in [2.24, 2.45) is 0 Å². The summed E-state index contributed by atoms with van der Waals surface area (Å²) in [6.07, 6.45) is 10.3. The molecule has 0 N–H and O–H groups in total. The molecular formula is C17H20O3. The lowest BCUT2D eigenvalue weighted by atomic mass is 10.1. The highest BCUT2D eigenvalue weighted by atomic mass is 16.5. The summed E-state index contributed by atoms with van der Waals surface area (Å²) in [5.41, 5.74) is 3.20. The average Bonchev–Trinajstić information content (AvgIpc) is 2.46. The summed E-state index contributed by atoms with van der Waals surface area (Å²) in [7, 11) is 0. The van der Waals surface area contributed by atoms with Crippen LogP contribution in [0.25, 0.3) is 0 Å². The van der Waals surface area contributed by atoms with Crippen molar-refractivity contribution in [1.29, 1.82) is 0 Å². The molecule has 0 heterocycles. The van der Waals surface area contributed by atoms with Crippen LogP contribution in [0, 0.1) is 24.7 Å². The van der Waals surface area contributed by atoms with E-state index in [1.807, 2.05) is 13.0 Å². The number of terminal acetylenes is 2. The molecule has 1 aromatic rings. The van der Waals surface area contributed by atoms with Gasteiger partial charge in [0.1, 0.15) is 13.2 Å². The smallest absolute Gasteiger partial charge is 0.107 e. The molecule has 0 spiro atoms. The third-order valence-corrected chi connectivity index (χ3v) is 2.49. The molecule has 0 aliphatic carbocycles. The lowest BCUT2D eigenvalue weighted by Crippen LogP contribution is -2.01. The molecule has 0 fully saturated rings. The molecule has 0 bridgehead atoms. The summed E-state index contributed by atoms with van der Waals surface area (Å²) >= 11 is 0. The Hall–Kier alpha value is -1.78. The van der Waals surface area contributed by atoms with Crippen LogP contribution in [-0.2, 0) is 34.0 Å². The van der Waals surface area contributed by atoms with E-state index in [2.05, 4.69) is 24.0 Å².